The summed E-state index contributed by atoms with van der Waals surface area (Å²) in [6.45, 7) is 1.49. The van der Waals surface area contributed by atoms with E-state index < -0.39 is 42.0 Å². The first kappa shape index (κ1) is 23.2. The van der Waals surface area contributed by atoms with Crippen LogP contribution in [0.3, 0.4) is 0 Å². The number of methoxy groups -OCH3 is 3. The summed E-state index contributed by atoms with van der Waals surface area (Å²) in [7, 11) is 4.04. The molecule has 0 amide bonds. The van der Waals surface area contributed by atoms with Crippen molar-refractivity contribution in [3.05, 3.63) is 33.0 Å². The van der Waals surface area contributed by atoms with Crippen molar-refractivity contribution >= 4 is 32.7 Å². The van der Waals surface area contributed by atoms with Gasteiger partial charge in [0.25, 0.3) is 0 Å². The van der Waals surface area contributed by atoms with Crippen LogP contribution in [0.1, 0.15) is 6.92 Å². The van der Waals surface area contributed by atoms with Gasteiger partial charge < -0.3 is 47.8 Å². The quantitative estimate of drug-likeness (QED) is 0.265. The zero-order chi connectivity index (χ0) is 25.2. The zero-order valence-corrected chi connectivity index (χ0v) is 19.1. The van der Waals surface area contributed by atoms with Crippen LogP contribution in [-0.2, 0) is 4.74 Å². The third-order valence-electron chi connectivity index (χ3n) is 6.16. The van der Waals surface area contributed by atoms with Gasteiger partial charge in [-0.25, -0.2) is 9.59 Å². The van der Waals surface area contributed by atoms with E-state index in [9.17, 15) is 24.9 Å². The minimum absolute atomic E-state index is 0.00931. The average molecular weight is 490 g/mol. The summed E-state index contributed by atoms with van der Waals surface area (Å²) < 4.78 is 38.4. The highest BCUT2D eigenvalue weighted by Crippen LogP contribution is 2.46. The lowest BCUT2D eigenvalue weighted by Gasteiger charge is -2.39. The fourth-order valence-electron chi connectivity index (χ4n) is 4.40. The number of hydrogen-bond donors (Lipinski definition) is 3. The van der Waals surface area contributed by atoms with Gasteiger partial charge >= 0.3 is 11.3 Å². The van der Waals surface area contributed by atoms with Crippen molar-refractivity contribution < 1.29 is 47.8 Å². The van der Waals surface area contributed by atoms with Crippen molar-refractivity contribution in [2.24, 2.45) is 0 Å². The monoisotopic (exact) mass is 490 g/mol. The van der Waals surface area contributed by atoms with E-state index in [2.05, 4.69) is 0 Å². The third-order valence-corrected chi connectivity index (χ3v) is 6.16. The van der Waals surface area contributed by atoms with Gasteiger partial charge in [0.2, 0.25) is 17.8 Å². The number of ether oxygens (including phenoxy) is 5. The summed E-state index contributed by atoms with van der Waals surface area (Å²) in [5.74, 6) is 0.0917. The van der Waals surface area contributed by atoms with Crippen LogP contribution in [0.5, 0.6) is 23.0 Å². The summed E-state index contributed by atoms with van der Waals surface area (Å²) in [6.07, 6.45) is -6.83. The van der Waals surface area contributed by atoms with Gasteiger partial charge in [-0.2, -0.15) is 0 Å². The number of benzene rings is 2. The lowest BCUT2D eigenvalue weighted by molar-refractivity contribution is -0.268. The van der Waals surface area contributed by atoms with Crippen molar-refractivity contribution in [2.45, 2.75) is 37.6 Å². The molecule has 2 aromatic carbocycles. The third kappa shape index (κ3) is 3.29. The molecule has 0 bridgehead atoms. The van der Waals surface area contributed by atoms with Crippen LogP contribution >= 0.6 is 0 Å². The summed E-state index contributed by atoms with van der Waals surface area (Å²) in [5.41, 5.74) is -1.69. The summed E-state index contributed by atoms with van der Waals surface area (Å²) >= 11 is 0. The maximum absolute atomic E-state index is 13.0. The normalized spacial score (nSPS) is 24.8. The Kier molecular flexibility index (Phi) is 5.48. The van der Waals surface area contributed by atoms with E-state index in [1.54, 1.807) is 0 Å². The van der Waals surface area contributed by atoms with Crippen molar-refractivity contribution in [1.82, 2.24) is 0 Å². The topological polar surface area (TPSA) is 167 Å². The van der Waals surface area contributed by atoms with Crippen LogP contribution in [0.25, 0.3) is 32.7 Å². The van der Waals surface area contributed by atoms with Crippen LogP contribution in [0.2, 0.25) is 0 Å². The molecule has 0 aliphatic carbocycles. The predicted octanol–water partition coefficient (Wildman–Crippen LogP) is 0.722. The van der Waals surface area contributed by atoms with Gasteiger partial charge in [-0.15, -0.1) is 0 Å². The maximum atomic E-state index is 13.0. The highest BCUT2D eigenvalue weighted by molar-refractivity contribution is 6.22. The molecule has 12 nitrogen and oxygen atoms in total. The Morgan fingerprint density at radius 3 is 1.77 bits per heavy atom. The molecule has 0 unspecified atom stereocenters. The molecule has 2 aromatic heterocycles. The summed E-state index contributed by atoms with van der Waals surface area (Å²) in [6, 6.07) is 2.71. The molecule has 3 N–H and O–H groups in total. The lowest BCUT2D eigenvalue weighted by atomic mass is 10.00. The van der Waals surface area contributed by atoms with Crippen molar-refractivity contribution in [3.8, 4) is 23.0 Å². The van der Waals surface area contributed by atoms with Crippen LogP contribution in [0, 0.1) is 0 Å². The second-order valence-corrected chi connectivity index (χ2v) is 8.10. The van der Waals surface area contributed by atoms with Gasteiger partial charge in [0.1, 0.15) is 18.3 Å². The van der Waals surface area contributed by atoms with Crippen molar-refractivity contribution in [3.63, 3.8) is 0 Å². The molecule has 35 heavy (non-hydrogen) atoms. The molecular formula is C23H22O12. The van der Waals surface area contributed by atoms with Crippen molar-refractivity contribution in [1.29, 1.82) is 0 Å². The summed E-state index contributed by atoms with van der Waals surface area (Å²) in [4.78, 5) is 26.0. The van der Waals surface area contributed by atoms with Gasteiger partial charge in [0.05, 0.1) is 38.2 Å². The maximum Gasteiger partial charge on any atom is 0.344 e. The van der Waals surface area contributed by atoms with Crippen LogP contribution < -0.4 is 30.2 Å². The van der Waals surface area contributed by atoms with E-state index in [1.165, 1.54) is 40.4 Å². The zero-order valence-electron chi connectivity index (χ0n) is 19.1. The lowest BCUT2D eigenvalue weighted by Crippen LogP contribution is -2.58. The first-order valence-electron chi connectivity index (χ1n) is 10.6. The predicted molar refractivity (Wildman–Crippen MR) is 120 cm³/mol. The second-order valence-electron chi connectivity index (χ2n) is 8.10. The molecule has 0 radical (unpaired) electrons. The van der Waals surface area contributed by atoms with Gasteiger partial charge in [0.15, 0.2) is 22.7 Å². The number of hydrogen-bond acceptors (Lipinski definition) is 12. The van der Waals surface area contributed by atoms with E-state index in [0.29, 0.717) is 0 Å². The Bertz CT molecular complexity index is 1540. The largest absolute Gasteiger partial charge is 0.493 e. The Morgan fingerprint density at radius 1 is 0.743 bits per heavy atom. The smallest absolute Gasteiger partial charge is 0.344 e. The molecule has 0 saturated carbocycles. The minimum Gasteiger partial charge on any atom is -0.493 e. The number of aliphatic hydroxyl groups excluding tert-OH is 3. The standard InChI is InChI=1S/C23H22O12/c1-7-14(24)15(25)16(26)23(32-7)33-11-6-9-13-12-8(21(27)35-20(13)18(11)31-4)5-10(29-2)17(30-3)19(12)34-22(9)28/h5-7,14-16,23-26H,1-4H3/t7-,14-,15+,16+,23-/m0/s1. The molecule has 5 rings (SSSR count). The van der Waals surface area contributed by atoms with Gasteiger partial charge in [-0.1, -0.05) is 0 Å². The van der Waals surface area contributed by atoms with E-state index in [1.807, 2.05) is 0 Å². The molecular weight excluding hydrogens is 468 g/mol. The highest BCUT2D eigenvalue weighted by Gasteiger charge is 2.43. The first-order chi connectivity index (χ1) is 16.7. The Hall–Kier alpha value is -3.58. The molecule has 1 fully saturated rings. The van der Waals surface area contributed by atoms with Gasteiger partial charge in [0, 0.05) is 10.8 Å². The molecule has 1 saturated heterocycles. The number of aliphatic hydroxyl groups is 3. The summed E-state index contributed by atoms with van der Waals surface area (Å²) in [5, 5.41) is 31.0. The van der Waals surface area contributed by atoms with Gasteiger partial charge in [-0.05, 0) is 19.1 Å². The van der Waals surface area contributed by atoms with E-state index in [-0.39, 0.29) is 55.7 Å². The second kappa shape index (κ2) is 8.27. The molecule has 3 heterocycles. The van der Waals surface area contributed by atoms with E-state index in [0.717, 1.165) is 0 Å². The Morgan fingerprint density at radius 2 is 1.26 bits per heavy atom. The average Bonchev–Trinajstić information content (AvgIpc) is 2.84. The number of rotatable bonds is 5. The fraction of sp³-hybridized carbons (Fsp3) is 0.391. The van der Waals surface area contributed by atoms with Crippen molar-refractivity contribution in [2.75, 3.05) is 21.3 Å². The van der Waals surface area contributed by atoms with Crippen LogP contribution in [0.15, 0.2) is 30.6 Å². The fourth-order valence-corrected chi connectivity index (χ4v) is 4.40. The minimum atomic E-state index is -1.63. The molecule has 1 aliphatic heterocycles. The van der Waals surface area contributed by atoms with E-state index in [4.69, 9.17) is 32.5 Å². The highest BCUT2D eigenvalue weighted by atomic mass is 16.7. The SMILES string of the molecule is COc1cc2c(=O)oc3c(OC)c(O[C@@H]4O[C@@H](C)[C@H](O)[C@@H](O)[C@H]4O)cc4c(=O)oc(c1OC)c2c34. The molecule has 186 valence electrons. The van der Waals surface area contributed by atoms with Crippen LogP contribution in [-0.4, -0.2) is 67.4 Å². The molecule has 12 heteroatoms. The Labute approximate surface area is 196 Å². The van der Waals surface area contributed by atoms with Crippen LogP contribution in [0.4, 0.5) is 0 Å². The first-order valence-corrected chi connectivity index (χ1v) is 10.6. The Balaban J connectivity index is 1.80. The molecule has 0 spiro atoms. The van der Waals surface area contributed by atoms with Gasteiger partial charge in [-0.3, -0.25) is 0 Å². The molecule has 4 aromatic rings. The van der Waals surface area contributed by atoms with E-state index >= 15 is 0 Å². The molecule has 1 aliphatic rings. The molecule has 5 atom stereocenters.